The first-order valence-corrected chi connectivity index (χ1v) is 4.92. The lowest BCUT2D eigenvalue weighted by atomic mass is 10.0. The van der Waals surface area contributed by atoms with E-state index in [9.17, 15) is 0 Å². The Labute approximate surface area is 85.3 Å². The Kier molecular flexibility index (Phi) is 1.73. The van der Waals surface area contributed by atoms with Crippen molar-refractivity contribution in [3.63, 3.8) is 0 Å². The van der Waals surface area contributed by atoms with Crippen LogP contribution >= 0.6 is 28.1 Å². The average Bonchev–Trinajstić information content (AvgIpc) is 2.25. The van der Waals surface area contributed by atoms with Crippen LogP contribution < -0.4 is 5.32 Å². The van der Waals surface area contributed by atoms with Crippen LogP contribution in [0.1, 0.15) is 12.5 Å². The normalized spacial score (nSPS) is 26.7. The van der Waals surface area contributed by atoms with Crippen molar-refractivity contribution < 1.29 is 0 Å². The Hall–Kier alpha value is -0.410. The molecule has 0 saturated carbocycles. The summed E-state index contributed by atoms with van der Waals surface area (Å²) in [6, 6.07) is 8.14. The zero-order valence-corrected chi connectivity index (χ0v) is 9.00. The van der Waals surface area contributed by atoms with Crippen LogP contribution in [0.5, 0.6) is 0 Å². The van der Waals surface area contributed by atoms with E-state index in [2.05, 4.69) is 34.2 Å². The Balaban J connectivity index is 2.63. The van der Waals surface area contributed by atoms with Gasteiger partial charge < -0.3 is 5.32 Å². The summed E-state index contributed by atoms with van der Waals surface area (Å²) in [5.74, 6) is 0. The van der Waals surface area contributed by atoms with Gasteiger partial charge in [0.2, 0.25) is 0 Å². The summed E-state index contributed by atoms with van der Waals surface area (Å²) in [4.78, 5) is 0.837. The molecule has 1 aromatic rings. The van der Waals surface area contributed by atoms with Gasteiger partial charge in [-0.1, -0.05) is 46.3 Å². The molecular formula is C9H8BrNS. The first-order chi connectivity index (χ1) is 5.62. The smallest absolute Gasteiger partial charge is 0.101 e. The first kappa shape index (κ1) is 8.20. The molecule has 2 rings (SSSR count). The Bertz CT molecular complexity index is 346. The van der Waals surface area contributed by atoms with Gasteiger partial charge in [-0.25, -0.2) is 0 Å². The van der Waals surface area contributed by atoms with Crippen molar-refractivity contribution in [3.05, 3.63) is 29.8 Å². The van der Waals surface area contributed by atoms with Gasteiger partial charge in [-0.3, -0.25) is 0 Å². The van der Waals surface area contributed by atoms with E-state index >= 15 is 0 Å². The molecule has 0 bridgehead atoms. The second kappa shape index (κ2) is 2.54. The van der Waals surface area contributed by atoms with Crippen molar-refractivity contribution in [3.8, 4) is 0 Å². The third-order valence-electron chi connectivity index (χ3n) is 2.11. The number of hydrogen-bond acceptors (Lipinski definition) is 1. The van der Waals surface area contributed by atoms with Crippen molar-refractivity contribution in [1.29, 1.82) is 0 Å². The molecule has 1 nitrogen and oxygen atoms in total. The summed E-state index contributed by atoms with van der Waals surface area (Å²) in [5.41, 5.74) is 2.33. The van der Waals surface area contributed by atoms with Crippen molar-refractivity contribution >= 4 is 38.8 Å². The highest BCUT2D eigenvalue weighted by Crippen LogP contribution is 2.42. The number of hydrogen-bond donors (Lipinski definition) is 1. The maximum Gasteiger partial charge on any atom is 0.101 e. The highest BCUT2D eigenvalue weighted by Gasteiger charge is 2.36. The Morgan fingerprint density at radius 1 is 1.42 bits per heavy atom. The van der Waals surface area contributed by atoms with Crippen molar-refractivity contribution in [1.82, 2.24) is 0 Å². The fourth-order valence-electron chi connectivity index (χ4n) is 1.36. The molecule has 0 aromatic heterocycles. The van der Waals surface area contributed by atoms with Gasteiger partial charge in [-0.2, -0.15) is 0 Å². The molecule has 0 saturated heterocycles. The van der Waals surface area contributed by atoms with E-state index in [0.29, 0.717) is 0 Å². The second-order valence-corrected chi connectivity index (χ2v) is 5.00. The lowest BCUT2D eigenvalue weighted by molar-refractivity contribution is 1.00. The van der Waals surface area contributed by atoms with E-state index in [-0.39, 0.29) is 4.32 Å². The zero-order chi connectivity index (χ0) is 8.77. The second-order valence-electron chi connectivity index (χ2n) is 3.00. The molecule has 1 aliphatic heterocycles. The molecule has 1 N–H and O–H groups in total. The van der Waals surface area contributed by atoms with Gasteiger partial charge in [0.15, 0.2) is 0 Å². The van der Waals surface area contributed by atoms with E-state index in [4.69, 9.17) is 12.2 Å². The summed E-state index contributed by atoms with van der Waals surface area (Å²) in [6.07, 6.45) is 0. The molecular weight excluding hydrogens is 234 g/mol. The minimum atomic E-state index is -0.182. The van der Waals surface area contributed by atoms with Crippen LogP contribution in [-0.4, -0.2) is 4.99 Å². The van der Waals surface area contributed by atoms with Gasteiger partial charge in [0.1, 0.15) is 9.31 Å². The number of rotatable bonds is 0. The van der Waals surface area contributed by atoms with E-state index < -0.39 is 0 Å². The number of anilines is 1. The predicted octanol–water partition coefficient (Wildman–Crippen LogP) is 3.05. The van der Waals surface area contributed by atoms with Gasteiger partial charge in [0, 0.05) is 5.69 Å². The maximum atomic E-state index is 5.20. The van der Waals surface area contributed by atoms with E-state index in [1.807, 2.05) is 18.2 Å². The quantitative estimate of drug-likeness (QED) is 0.554. The number of thiocarbonyl (C=S) groups is 1. The SMILES string of the molecule is CC1(Br)C(=S)Nc2ccccc21. The lowest BCUT2D eigenvalue weighted by Crippen LogP contribution is -2.21. The van der Waals surface area contributed by atoms with Gasteiger partial charge in [-0.15, -0.1) is 0 Å². The summed E-state index contributed by atoms with van der Waals surface area (Å²) in [5, 5.41) is 3.17. The van der Waals surface area contributed by atoms with E-state index in [0.717, 1.165) is 10.7 Å². The molecule has 1 atom stereocenters. The van der Waals surface area contributed by atoms with Gasteiger partial charge in [0.05, 0.1) is 0 Å². The van der Waals surface area contributed by atoms with Gasteiger partial charge >= 0.3 is 0 Å². The summed E-state index contributed by atoms with van der Waals surface area (Å²) in [6.45, 7) is 2.06. The van der Waals surface area contributed by atoms with Gasteiger partial charge in [-0.05, 0) is 18.6 Å². The number of fused-ring (bicyclic) bond motifs is 1. The minimum Gasteiger partial charge on any atom is -0.348 e. The number of benzene rings is 1. The average molecular weight is 242 g/mol. The summed E-state index contributed by atoms with van der Waals surface area (Å²) < 4.78 is -0.182. The van der Waals surface area contributed by atoms with Crippen LogP contribution in [0.3, 0.4) is 0 Å². The number of alkyl halides is 1. The summed E-state index contributed by atoms with van der Waals surface area (Å²) in [7, 11) is 0. The highest BCUT2D eigenvalue weighted by molar-refractivity contribution is 9.10. The molecule has 0 radical (unpaired) electrons. The van der Waals surface area contributed by atoms with Gasteiger partial charge in [0.25, 0.3) is 0 Å². The molecule has 0 amide bonds. The first-order valence-electron chi connectivity index (χ1n) is 3.72. The van der Waals surface area contributed by atoms with E-state index in [1.165, 1.54) is 5.56 Å². The van der Waals surface area contributed by atoms with Crippen LogP contribution in [0, 0.1) is 0 Å². The molecule has 1 heterocycles. The molecule has 3 heteroatoms. The van der Waals surface area contributed by atoms with Crippen LogP contribution in [0.15, 0.2) is 24.3 Å². The van der Waals surface area contributed by atoms with Crippen molar-refractivity contribution in [2.75, 3.05) is 5.32 Å². The van der Waals surface area contributed by atoms with Crippen molar-refractivity contribution in [2.45, 2.75) is 11.2 Å². The molecule has 0 aliphatic carbocycles. The van der Waals surface area contributed by atoms with Crippen LogP contribution in [0.4, 0.5) is 5.69 Å². The molecule has 1 aromatic carbocycles. The Morgan fingerprint density at radius 2 is 2.08 bits per heavy atom. The topological polar surface area (TPSA) is 12.0 Å². The molecule has 12 heavy (non-hydrogen) atoms. The standard InChI is InChI=1S/C9H8BrNS/c1-9(10)6-4-2-3-5-7(6)11-8(9)12/h2-5H,1H3,(H,11,12). The molecule has 0 fully saturated rings. The summed E-state index contributed by atoms with van der Waals surface area (Å²) >= 11 is 8.81. The molecule has 62 valence electrons. The monoisotopic (exact) mass is 241 g/mol. The highest BCUT2D eigenvalue weighted by atomic mass is 79.9. The Morgan fingerprint density at radius 3 is 2.75 bits per heavy atom. The van der Waals surface area contributed by atoms with Crippen LogP contribution in [0.2, 0.25) is 0 Å². The van der Waals surface area contributed by atoms with Crippen LogP contribution in [0.25, 0.3) is 0 Å². The molecule has 1 unspecified atom stereocenters. The number of para-hydroxylation sites is 1. The fourth-order valence-corrected chi connectivity index (χ4v) is 2.03. The maximum absolute atomic E-state index is 5.20. The molecule has 0 spiro atoms. The minimum absolute atomic E-state index is 0.182. The largest absolute Gasteiger partial charge is 0.348 e. The molecule has 1 aliphatic rings. The zero-order valence-electron chi connectivity index (χ0n) is 6.60. The predicted molar refractivity (Wildman–Crippen MR) is 58.9 cm³/mol. The van der Waals surface area contributed by atoms with E-state index in [1.54, 1.807) is 0 Å². The fraction of sp³-hybridized carbons (Fsp3) is 0.222. The van der Waals surface area contributed by atoms with Crippen LogP contribution in [-0.2, 0) is 4.32 Å². The lowest BCUT2D eigenvalue weighted by Gasteiger charge is -2.14. The number of nitrogens with one attached hydrogen (secondary N) is 1. The third kappa shape index (κ3) is 1.00. The van der Waals surface area contributed by atoms with Crippen molar-refractivity contribution in [2.24, 2.45) is 0 Å². The third-order valence-corrected chi connectivity index (χ3v) is 3.70. The number of halogens is 1.